The monoisotopic (exact) mass is 298 g/mol. The minimum atomic E-state index is -0.281. The summed E-state index contributed by atoms with van der Waals surface area (Å²) < 4.78 is 15.2. The summed E-state index contributed by atoms with van der Waals surface area (Å²) in [6.45, 7) is 2.40. The van der Waals surface area contributed by atoms with Gasteiger partial charge in [-0.1, -0.05) is 35.4 Å². The number of nitriles is 1. The highest BCUT2D eigenvalue weighted by atomic mass is 35.5. The minimum absolute atomic E-state index is 0.281. The van der Waals surface area contributed by atoms with Crippen LogP contribution in [0.4, 0.5) is 4.39 Å². The van der Waals surface area contributed by atoms with Gasteiger partial charge in [-0.3, -0.25) is 0 Å². The number of nitrogens with zero attached hydrogens (tertiary/aromatic N) is 2. The van der Waals surface area contributed by atoms with Gasteiger partial charge >= 0.3 is 0 Å². The Hall–Kier alpha value is -2.31. The zero-order valence-electron chi connectivity index (χ0n) is 11.4. The van der Waals surface area contributed by atoms with Gasteiger partial charge in [0.25, 0.3) is 0 Å². The van der Waals surface area contributed by atoms with Crippen LogP contribution in [0, 0.1) is 24.1 Å². The molecule has 1 heterocycles. The number of halogens is 2. The van der Waals surface area contributed by atoms with Crippen molar-refractivity contribution >= 4 is 22.5 Å². The smallest absolute Gasteiger partial charge is 0.128 e. The SMILES string of the molecule is Cc1ccc2c(c1)c(C#N)c(Cl)n2Cc1cccc(F)c1. The predicted molar refractivity (Wildman–Crippen MR) is 81.9 cm³/mol. The first-order valence-electron chi connectivity index (χ1n) is 6.53. The van der Waals surface area contributed by atoms with E-state index in [4.69, 9.17) is 11.6 Å². The van der Waals surface area contributed by atoms with Gasteiger partial charge in [-0.05, 0) is 36.8 Å². The van der Waals surface area contributed by atoms with Gasteiger partial charge in [0.05, 0.1) is 11.1 Å². The van der Waals surface area contributed by atoms with Crippen molar-refractivity contribution in [3.63, 3.8) is 0 Å². The van der Waals surface area contributed by atoms with E-state index >= 15 is 0 Å². The van der Waals surface area contributed by atoms with Crippen LogP contribution >= 0.6 is 11.6 Å². The zero-order valence-corrected chi connectivity index (χ0v) is 12.2. The molecule has 0 aliphatic heterocycles. The number of aromatic nitrogens is 1. The minimum Gasteiger partial charge on any atom is -0.326 e. The molecule has 0 fully saturated rings. The van der Waals surface area contributed by atoms with E-state index in [-0.39, 0.29) is 5.82 Å². The number of fused-ring (bicyclic) bond motifs is 1. The van der Waals surface area contributed by atoms with Crippen molar-refractivity contribution in [3.8, 4) is 6.07 Å². The molecule has 1 aromatic heterocycles. The summed E-state index contributed by atoms with van der Waals surface area (Å²) in [4.78, 5) is 0. The van der Waals surface area contributed by atoms with E-state index < -0.39 is 0 Å². The van der Waals surface area contributed by atoms with Crippen LogP contribution in [0.15, 0.2) is 42.5 Å². The van der Waals surface area contributed by atoms with Gasteiger partial charge in [0.2, 0.25) is 0 Å². The van der Waals surface area contributed by atoms with Crippen LogP contribution < -0.4 is 0 Å². The fraction of sp³-hybridized carbons (Fsp3) is 0.118. The Kier molecular flexibility index (Phi) is 3.40. The molecular formula is C17H12ClFN2. The van der Waals surface area contributed by atoms with Crippen molar-refractivity contribution in [2.24, 2.45) is 0 Å². The second kappa shape index (κ2) is 5.23. The van der Waals surface area contributed by atoms with Crippen LogP contribution in [0.1, 0.15) is 16.7 Å². The maximum absolute atomic E-state index is 13.3. The molecule has 0 aliphatic carbocycles. The molecule has 0 unspecified atom stereocenters. The zero-order chi connectivity index (χ0) is 15.0. The van der Waals surface area contributed by atoms with Gasteiger partial charge < -0.3 is 4.57 Å². The molecule has 2 nitrogen and oxygen atoms in total. The normalized spacial score (nSPS) is 10.8. The lowest BCUT2D eigenvalue weighted by molar-refractivity contribution is 0.624. The molecular weight excluding hydrogens is 287 g/mol. The van der Waals surface area contributed by atoms with Gasteiger partial charge in [-0.25, -0.2) is 4.39 Å². The highest BCUT2D eigenvalue weighted by Crippen LogP contribution is 2.31. The van der Waals surface area contributed by atoms with E-state index in [1.54, 1.807) is 6.07 Å². The van der Waals surface area contributed by atoms with Crippen LogP contribution in [-0.4, -0.2) is 4.57 Å². The summed E-state index contributed by atoms with van der Waals surface area (Å²) >= 11 is 6.34. The molecule has 0 radical (unpaired) electrons. The Labute approximate surface area is 127 Å². The van der Waals surface area contributed by atoms with Gasteiger partial charge in [0.15, 0.2) is 0 Å². The molecule has 3 rings (SSSR count). The molecule has 4 heteroatoms. The van der Waals surface area contributed by atoms with Crippen molar-refractivity contribution in [2.45, 2.75) is 13.5 Å². The third kappa shape index (κ3) is 2.39. The molecule has 0 atom stereocenters. The first kappa shape index (κ1) is 13.7. The second-order valence-electron chi connectivity index (χ2n) is 5.01. The van der Waals surface area contributed by atoms with Crippen molar-refractivity contribution in [1.82, 2.24) is 4.57 Å². The fourth-order valence-electron chi connectivity index (χ4n) is 2.52. The van der Waals surface area contributed by atoms with Crippen LogP contribution in [0.3, 0.4) is 0 Å². The lowest BCUT2D eigenvalue weighted by Crippen LogP contribution is -2.00. The fourth-order valence-corrected chi connectivity index (χ4v) is 2.81. The molecule has 21 heavy (non-hydrogen) atoms. The quantitative estimate of drug-likeness (QED) is 0.676. The summed E-state index contributed by atoms with van der Waals surface area (Å²) in [6.07, 6.45) is 0. The van der Waals surface area contributed by atoms with Gasteiger partial charge in [0, 0.05) is 11.9 Å². The van der Waals surface area contributed by atoms with Crippen molar-refractivity contribution < 1.29 is 4.39 Å². The number of aryl methyl sites for hydroxylation is 1. The molecule has 0 bridgehead atoms. The Balaban J connectivity index is 2.19. The van der Waals surface area contributed by atoms with E-state index in [0.29, 0.717) is 17.3 Å². The maximum atomic E-state index is 13.3. The number of benzene rings is 2. The van der Waals surface area contributed by atoms with E-state index in [1.165, 1.54) is 12.1 Å². The lowest BCUT2D eigenvalue weighted by atomic mass is 10.1. The number of hydrogen-bond acceptors (Lipinski definition) is 1. The summed E-state index contributed by atoms with van der Waals surface area (Å²) in [5, 5.41) is 10.5. The highest BCUT2D eigenvalue weighted by molar-refractivity contribution is 6.32. The Morgan fingerprint density at radius 3 is 2.76 bits per heavy atom. The third-order valence-electron chi connectivity index (χ3n) is 3.50. The molecule has 0 saturated heterocycles. The van der Waals surface area contributed by atoms with Crippen LogP contribution in [0.2, 0.25) is 5.15 Å². The van der Waals surface area contributed by atoms with Gasteiger partial charge in [0.1, 0.15) is 17.0 Å². The first-order valence-corrected chi connectivity index (χ1v) is 6.91. The molecule has 0 amide bonds. The summed E-state index contributed by atoms with van der Waals surface area (Å²) in [5.74, 6) is -0.281. The molecule has 3 aromatic rings. The van der Waals surface area contributed by atoms with E-state index in [2.05, 4.69) is 6.07 Å². The van der Waals surface area contributed by atoms with Crippen molar-refractivity contribution in [2.75, 3.05) is 0 Å². The average Bonchev–Trinajstić information content (AvgIpc) is 2.70. The summed E-state index contributed by atoms with van der Waals surface area (Å²) in [6, 6.07) is 14.4. The number of hydrogen-bond donors (Lipinski definition) is 0. The topological polar surface area (TPSA) is 28.7 Å². The second-order valence-corrected chi connectivity index (χ2v) is 5.37. The van der Waals surface area contributed by atoms with E-state index in [0.717, 1.165) is 22.0 Å². The first-order chi connectivity index (χ1) is 10.1. The predicted octanol–water partition coefficient (Wildman–Crippen LogP) is 4.66. The van der Waals surface area contributed by atoms with Gasteiger partial charge in [-0.15, -0.1) is 0 Å². The maximum Gasteiger partial charge on any atom is 0.128 e. The molecule has 104 valence electrons. The summed E-state index contributed by atoms with van der Waals surface area (Å²) in [5.41, 5.74) is 3.22. The standard InChI is InChI=1S/C17H12ClFN2/c1-11-5-6-16-14(7-11)15(9-20)17(18)21(16)10-12-3-2-4-13(19)8-12/h2-8H,10H2,1H3. The highest BCUT2D eigenvalue weighted by Gasteiger charge is 2.15. The Bertz CT molecular complexity index is 874. The molecule has 0 saturated carbocycles. The van der Waals surface area contributed by atoms with E-state index in [1.807, 2.05) is 35.8 Å². The molecule has 0 aliphatic rings. The summed E-state index contributed by atoms with van der Waals surface area (Å²) in [7, 11) is 0. The number of rotatable bonds is 2. The average molecular weight is 299 g/mol. The van der Waals surface area contributed by atoms with Gasteiger partial charge in [-0.2, -0.15) is 5.26 Å². The largest absolute Gasteiger partial charge is 0.326 e. The Morgan fingerprint density at radius 2 is 2.05 bits per heavy atom. The van der Waals surface area contributed by atoms with Crippen LogP contribution in [0.25, 0.3) is 10.9 Å². The third-order valence-corrected chi connectivity index (χ3v) is 3.89. The molecule has 0 N–H and O–H groups in total. The van der Waals surface area contributed by atoms with Crippen molar-refractivity contribution in [1.29, 1.82) is 5.26 Å². The lowest BCUT2D eigenvalue weighted by Gasteiger charge is -2.07. The molecule has 2 aromatic carbocycles. The van der Waals surface area contributed by atoms with Crippen LogP contribution in [-0.2, 0) is 6.54 Å². The van der Waals surface area contributed by atoms with Crippen LogP contribution in [0.5, 0.6) is 0 Å². The van der Waals surface area contributed by atoms with Crippen molar-refractivity contribution in [3.05, 3.63) is 70.1 Å². The Morgan fingerprint density at radius 1 is 1.24 bits per heavy atom. The molecule has 0 spiro atoms. The van der Waals surface area contributed by atoms with E-state index in [9.17, 15) is 9.65 Å².